The summed E-state index contributed by atoms with van der Waals surface area (Å²) >= 11 is 0. The molecule has 0 fully saturated rings. The van der Waals surface area contributed by atoms with Crippen molar-refractivity contribution >= 4 is 10.8 Å². The van der Waals surface area contributed by atoms with Crippen molar-refractivity contribution in [1.82, 2.24) is 0 Å². The van der Waals surface area contributed by atoms with E-state index < -0.39 is 4.92 Å². The minimum atomic E-state index is -0.424. The maximum absolute atomic E-state index is 10.2. The van der Waals surface area contributed by atoms with E-state index in [1.165, 1.54) is 16.3 Å². The van der Waals surface area contributed by atoms with Gasteiger partial charge >= 0.3 is 0 Å². The van der Waals surface area contributed by atoms with E-state index in [0.717, 1.165) is 6.20 Å². The van der Waals surface area contributed by atoms with Crippen molar-refractivity contribution in [2.45, 2.75) is 19.3 Å². The van der Waals surface area contributed by atoms with Crippen LogP contribution in [0.3, 0.4) is 0 Å². The molecule has 1 unspecified atom stereocenters. The summed E-state index contributed by atoms with van der Waals surface area (Å²) in [6, 6.07) is 14.5. The lowest BCUT2D eigenvalue weighted by Gasteiger charge is -2.09. The van der Waals surface area contributed by atoms with Crippen LogP contribution >= 0.6 is 0 Å². The van der Waals surface area contributed by atoms with Gasteiger partial charge in [-0.1, -0.05) is 49.4 Å². The lowest BCUT2D eigenvalue weighted by atomic mass is 9.95. The van der Waals surface area contributed by atoms with Gasteiger partial charge in [0.1, 0.15) is 0 Å². The highest BCUT2D eigenvalue weighted by molar-refractivity contribution is 5.83. The molecule has 1 atom stereocenters. The first kappa shape index (κ1) is 12.3. The number of rotatable bonds is 4. The summed E-state index contributed by atoms with van der Waals surface area (Å²) in [4.78, 5) is 9.79. The van der Waals surface area contributed by atoms with Gasteiger partial charge in [0.15, 0.2) is 0 Å². The Balaban J connectivity index is 2.17. The second kappa shape index (κ2) is 5.45. The minimum Gasteiger partial charge on any atom is -0.259 e. The molecule has 0 aliphatic carbocycles. The monoisotopic (exact) mass is 241 g/mol. The van der Waals surface area contributed by atoms with Gasteiger partial charge in [0.25, 0.3) is 0 Å². The van der Waals surface area contributed by atoms with E-state index in [4.69, 9.17) is 0 Å². The summed E-state index contributed by atoms with van der Waals surface area (Å²) < 4.78 is 0. The Hall–Kier alpha value is -2.16. The van der Waals surface area contributed by atoms with E-state index in [-0.39, 0.29) is 5.92 Å². The van der Waals surface area contributed by atoms with Crippen LogP contribution in [0.1, 0.15) is 24.8 Å². The normalized spacial score (nSPS) is 12.9. The highest BCUT2D eigenvalue weighted by atomic mass is 16.6. The highest BCUT2D eigenvalue weighted by Crippen LogP contribution is 2.24. The number of hydrogen-bond acceptors (Lipinski definition) is 2. The van der Waals surface area contributed by atoms with Gasteiger partial charge in [-0.2, -0.15) is 0 Å². The molecule has 0 saturated carbocycles. The Bertz CT molecular complexity index is 590. The predicted molar refractivity (Wildman–Crippen MR) is 73.1 cm³/mol. The molecule has 2 aromatic rings. The first-order valence-electron chi connectivity index (χ1n) is 5.95. The molecular weight excluding hydrogens is 226 g/mol. The summed E-state index contributed by atoms with van der Waals surface area (Å²) in [7, 11) is 0. The van der Waals surface area contributed by atoms with Crippen LogP contribution < -0.4 is 0 Å². The van der Waals surface area contributed by atoms with Crippen LogP contribution in [0.2, 0.25) is 0 Å². The molecular formula is C15H15NO2. The van der Waals surface area contributed by atoms with Crippen LogP contribution in [0, 0.1) is 10.1 Å². The first-order valence-corrected chi connectivity index (χ1v) is 5.95. The second-order valence-electron chi connectivity index (χ2n) is 4.41. The number of benzene rings is 2. The van der Waals surface area contributed by atoms with Gasteiger partial charge in [-0.3, -0.25) is 10.1 Å². The Morgan fingerprint density at radius 3 is 2.67 bits per heavy atom. The van der Waals surface area contributed by atoms with Crippen molar-refractivity contribution < 1.29 is 4.92 Å². The van der Waals surface area contributed by atoms with E-state index in [1.54, 1.807) is 6.08 Å². The first-order chi connectivity index (χ1) is 8.66. The molecule has 0 aliphatic heterocycles. The molecule has 0 spiro atoms. The molecule has 0 heterocycles. The second-order valence-corrected chi connectivity index (χ2v) is 4.41. The maximum atomic E-state index is 10.2. The third-order valence-electron chi connectivity index (χ3n) is 3.06. The largest absolute Gasteiger partial charge is 0.259 e. The summed E-state index contributed by atoms with van der Waals surface area (Å²) in [5, 5.41) is 12.6. The van der Waals surface area contributed by atoms with Gasteiger partial charge in [0.05, 0.1) is 4.92 Å². The molecule has 18 heavy (non-hydrogen) atoms. The van der Waals surface area contributed by atoms with E-state index >= 15 is 0 Å². The molecule has 0 saturated heterocycles. The van der Waals surface area contributed by atoms with Crippen molar-refractivity contribution in [2.75, 3.05) is 0 Å². The Kier molecular flexibility index (Phi) is 3.72. The number of fused-ring (bicyclic) bond motifs is 1. The van der Waals surface area contributed by atoms with Crippen molar-refractivity contribution in [3.05, 3.63) is 70.4 Å². The van der Waals surface area contributed by atoms with Gasteiger partial charge in [0, 0.05) is 0 Å². The molecule has 0 aliphatic rings. The molecule has 0 radical (unpaired) electrons. The van der Waals surface area contributed by atoms with Crippen LogP contribution in [0.5, 0.6) is 0 Å². The lowest BCUT2D eigenvalue weighted by Crippen LogP contribution is -1.92. The van der Waals surface area contributed by atoms with Crippen LogP contribution in [-0.2, 0) is 0 Å². The SMILES string of the molecule is CC(CC=C[N+](=O)[O-])c1ccc2ccccc2c1. The molecule has 3 heteroatoms. The van der Waals surface area contributed by atoms with Crippen LogP contribution in [-0.4, -0.2) is 4.92 Å². The average Bonchev–Trinajstić information content (AvgIpc) is 2.37. The standard InChI is InChI=1S/C15H15NO2/c1-12(5-4-10-16(17)18)14-9-8-13-6-2-3-7-15(13)11-14/h2-4,6-12H,5H2,1H3. The van der Waals surface area contributed by atoms with Gasteiger partial charge < -0.3 is 0 Å². The maximum Gasteiger partial charge on any atom is 0.230 e. The van der Waals surface area contributed by atoms with E-state index in [9.17, 15) is 10.1 Å². The third-order valence-corrected chi connectivity index (χ3v) is 3.06. The van der Waals surface area contributed by atoms with Crippen molar-refractivity contribution in [2.24, 2.45) is 0 Å². The third kappa shape index (κ3) is 2.94. The van der Waals surface area contributed by atoms with Crippen molar-refractivity contribution in [3.8, 4) is 0 Å². The minimum absolute atomic E-state index is 0.283. The van der Waals surface area contributed by atoms with E-state index in [0.29, 0.717) is 6.42 Å². The molecule has 3 nitrogen and oxygen atoms in total. The smallest absolute Gasteiger partial charge is 0.230 e. The fourth-order valence-corrected chi connectivity index (χ4v) is 2.00. The topological polar surface area (TPSA) is 43.1 Å². The van der Waals surface area contributed by atoms with Gasteiger partial charge in [0.2, 0.25) is 6.20 Å². The molecule has 0 bridgehead atoms. The number of nitrogens with zero attached hydrogens (tertiary/aromatic N) is 1. The van der Waals surface area contributed by atoms with Crippen LogP contribution in [0.15, 0.2) is 54.7 Å². The molecule has 2 aromatic carbocycles. The molecule has 0 amide bonds. The average molecular weight is 241 g/mol. The zero-order valence-electron chi connectivity index (χ0n) is 10.2. The molecule has 0 aromatic heterocycles. The Morgan fingerprint density at radius 1 is 1.22 bits per heavy atom. The fraction of sp³-hybridized carbons (Fsp3) is 0.200. The summed E-state index contributed by atoms with van der Waals surface area (Å²) in [6.45, 7) is 2.08. The van der Waals surface area contributed by atoms with E-state index in [2.05, 4.69) is 37.3 Å². The van der Waals surface area contributed by atoms with Gasteiger partial charge in [-0.25, -0.2) is 0 Å². The summed E-state index contributed by atoms with van der Waals surface area (Å²) in [5.41, 5.74) is 1.21. The van der Waals surface area contributed by atoms with Gasteiger partial charge in [-0.05, 0) is 34.8 Å². The quantitative estimate of drug-likeness (QED) is 0.596. The number of allylic oxidation sites excluding steroid dienone is 1. The molecule has 2 rings (SSSR count). The zero-order chi connectivity index (χ0) is 13.0. The van der Waals surface area contributed by atoms with Crippen molar-refractivity contribution in [3.63, 3.8) is 0 Å². The highest BCUT2D eigenvalue weighted by Gasteiger charge is 2.05. The Labute approximate surface area is 106 Å². The van der Waals surface area contributed by atoms with Crippen LogP contribution in [0.25, 0.3) is 10.8 Å². The fourth-order valence-electron chi connectivity index (χ4n) is 2.00. The van der Waals surface area contributed by atoms with Crippen LogP contribution in [0.4, 0.5) is 0 Å². The van der Waals surface area contributed by atoms with Crippen molar-refractivity contribution in [1.29, 1.82) is 0 Å². The lowest BCUT2D eigenvalue weighted by molar-refractivity contribution is -0.402. The Morgan fingerprint density at radius 2 is 1.94 bits per heavy atom. The number of hydrogen-bond donors (Lipinski definition) is 0. The predicted octanol–water partition coefficient (Wildman–Crippen LogP) is 4.12. The number of nitro groups is 1. The summed E-state index contributed by atoms with van der Waals surface area (Å²) in [6.07, 6.45) is 3.30. The summed E-state index contributed by atoms with van der Waals surface area (Å²) in [5.74, 6) is 0.283. The molecule has 0 N–H and O–H groups in total. The molecule has 92 valence electrons. The van der Waals surface area contributed by atoms with Gasteiger partial charge in [-0.15, -0.1) is 0 Å². The zero-order valence-corrected chi connectivity index (χ0v) is 10.2. The van der Waals surface area contributed by atoms with E-state index in [1.807, 2.05) is 12.1 Å².